The normalized spacial score (nSPS) is 18.0. The van der Waals surface area contributed by atoms with Gasteiger partial charge in [0, 0.05) is 54.6 Å². The Bertz CT molecular complexity index is 1830. The number of anilines is 1. The number of hydrogen-bond donors (Lipinski definition) is 1. The van der Waals surface area contributed by atoms with Crippen LogP contribution in [0.25, 0.3) is 33.2 Å². The number of nitrogens with two attached hydrogens (primary N) is 1. The Labute approximate surface area is 253 Å². The van der Waals surface area contributed by atoms with Crippen LogP contribution in [0.5, 0.6) is 0 Å². The Kier molecular flexibility index (Phi) is 6.98. The summed E-state index contributed by atoms with van der Waals surface area (Å²) in [7, 11) is 0. The first-order chi connectivity index (χ1) is 20.8. The first-order valence-corrected chi connectivity index (χ1v) is 14.9. The third-order valence-electron chi connectivity index (χ3n) is 8.47. The SMILES string of the molecule is Nc1ccc(C2CC2C(=O)CCc2cc3cc(-c4ccc(C(=O)N5CC(Cl)C5)cc4)cc(-c4ccc(F)cc4)c3o2)cn1. The van der Waals surface area contributed by atoms with Gasteiger partial charge in [0.05, 0.1) is 5.38 Å². The number of nitrogen functional groups attached to an aromatic ring is 1. The number of carbonyl (C=O) groups excluding carboxylic acids is 2. The predicted octanol–water partition coefficient (Wildman–Crippen LogP) is 7.25. The van der Waals surface area contributed by atoms with Crippen LogP contribution in [0.15, 0.2) is 89.5 Å². The van der Waals surface area contributed by atoms with Crippen LogP contribution >= 0.6 is 11.6 Å². The van der Waals surface area contributed by atoms with Gasteiger partial charge in [-0.05, 0) is 83.1 Å². The molecule has 1 saturated carbocycles. The molecule has 5 aromatic rings. The lowest BCUT2D eigenvalue weighted by atomic mass is 9.96. The maximum Gasteiger partial charge on any atom is 0.253 e. The average Bonchev–Trinajstić information content (AvgIpc) is 3.70. The molecule has 1 amide bonds. The largest absolute Gasteiger partial charge is 0.460 e. The molecular formula is C35H29ClFN3O3. The Morgan fingerprint density at radius 3 is 2.40 bits per heavy atom. The highest BCUT2D eigenvalue weighted by atomic mass is 35.5. The lowest BCUT2D eigenvalue weighted by Gasteiger charge is -2.35. The quantitative estimate of drug-likeness (QED) is 0.191. The first kappa shape index (κ1) is 27.3. The van der Waals surface area contributed by atoms with Gasteiger partial charge in [0.15, 0.2) is 0 Å². The van der Waals surface area contributed by atoms with Gasteiger partial charge in [0.2, 0.25) is 0 Å². The molecule has 2 atom stereocenters. The van der Waals surface area contributed by atoms with E-state index in [-0.39, 0.29) is 34.7 Å². The molecule has 2 unspecified atom stereocenters. The van der Waals surface area contributed by atoms with Crippen molar-refractivity contribution in [3.63, 3.8) is 0 Å². The molecule has 1 aliphatic carbocycles. The number of likely N-dealkylation sites (tertiary alicyclic amines) is 1. The number of nitrogens with zero attached hydrogens (tertiary/aromatic N) is 2. The van der Waals surface area contributed by atoms with Gasteiger partial charge in [-0.1, -0.05) is 30.3 Å². The van der Waals surface area contributed by atoms with Crippen LogP contribution in [-0.2, 0) is 11.2 Å². The Morgan fingerprint density at radius 1 is 0.953 bits per heavy atom. The van der Waals surface area contributed by atoms with Gasteiger partial charge in [0.25, 0.3) is 5.91 Å². The van der Waals surface area contributed by atoms with Gasteiger partial charge in [-0.15, -0.1) is 11.6 Å². The van der Waals surface area contributed by atoms with Gasteiger partial charge in [-0.2, -0.15) is 0 Å². The first-order valence-electron chi connectivity index (χ1n) is 14.4. The number of halogens is 2. The van der Waals surface area contributed by atoms with E-state index >= 15 is 0 Å². The lowest BCUT2D eigenvalue weighted by Crippen LogP contribution is -2.50. The van der Waals surface area contributed by atoms with E-state index in [0.29, 0.717) is 42.9 Å². The van der Waals surface area contributed by atoms with Crippen LogP contribution in [0.2, 0.25) is 0 Å². The molecule has 2 fully saturated rings. The number of amides is 1. The summed E-state index contributed by atoms with van der Waals surface area (Å²) in [5.41, 5.74) is 11.6. The molecule has 3 heterocycles. The van der Waals surface area contributed by atoms with E-state index in [2.05, 4.69) is 4.98 Å². The minimum atomic E-state index is -0.314. The Hall–Kier alpha value is -4.49. The zero-order chi connectivity index (χ0) is 29.7. The van der Waals surface area contributed by atoms with Crippen molar-refractivity contribution in [1.29, 1.82) is 0 Å². The number of hydrogen-bond acceptors (Lipinski definition) is 5. The molecule has 2 aromatic heterocycles. The molecule has 7 rings (SSSR count). The molecule has 2 N–H and O–H groups in total. The smallest absolute Gasteiger partial charge is 0.253 e. The number of fused-ring (bicyclic) bond motifs is 1. The van der Waals surface area contributed by atoms with E-state index in [1.807, 2.05) is 48.5 Å². The summed E-state index contributed by atoms with van der Waals surface area (Å²) in [5.74, 6) is 1.28. The summed E-state index contributed by atoms with van der Waals surface area (Å²) in [6, 6.07) is 23.6. The lowest BCUT2D eigenvalue weighted by molar-refractivity contribution is -0.120. The van der Waals surface area contributed by atoms with Crippen LogP contribution in [-0.4, -0.2) is 40.0 Å². The highest BCUT2D eigenvalue weighted by molar-refractivity contribution is 6.22. The number of ketones is 1. The van der Waals surface area contributed by atoms with Crippen molar-refractivity contribution in [2.24, 2.45) is 5.92 Å². The van der Waals surface area contributed by atoms with Gasteiger partial charge in [-0.25, -0.2) is 9.37 Å². The summed E-state index contributed by atoms with van der Waals surface area (Å²) in [5, 5.41) is 0.918. The van der Waals surface area contributed by atoms with E-state index in [0.717, 1.165) is 45.4 Å². The highest BCUT2D eigenvalue weighted by Gasteiger charge is 2.43. The van der Waals surface area contributed by atoms with Gasteiger partial charge < -0.3 is 15.1 Å². The molecule has 43 heavy (non-hydrogen) atoms. The van der Waals surface area contributed by atoms with Crippen molar-refractivity contribution < 1.29 is 18.4 Å². The van der Waals surface area contributed by atoms with E-state index in [1.165, 1.54) is 12.1 Å². The molecule has 0 radical (unpaired) electrons. The molecule has 8 heteroatoms. The number of aryl methyl sites for hydroxylation is 1. The number of furan rings is 1. The summed E-state index contributed by atoms with van der Waals surface area (Å²) in [6.45, 7) is 1.13. The molecule has 1 aliphatic heterocycles. The number of aromatic nitrogens is 1. The number of alkyl halides is 1. The van der Waals surface area contributed by atoms with Crippen molar-refractivity contribution in [2.45, 2.75) is 30.6 Å². The van der Waals surface area contributed by atoms with Crippen molar-refractivity contribution in [1.82, 2.24) is 9.88 Å². The number of benzene rings is 3. The van der Waals surface area contributed by atoms with Gasteiger partial charge >= 0.3 is 0 Å². The Morgan fingerprint density at radius 2 is 1.70 bits per heavy atom. The van der Waals surface area contributed by atoms with Crippen LogP contribution in [0.4, 0.5) is 10.2 Å². The minimum absolute atomic E-state index is 0.00323. The zero-order valence-corrected chi connectivity index (χ0v) is 24.1. The standard InChI is InChI=1S/C35H29ClFN3O3/c36-26-18-40(19-26)35(42)22-3-1-20(2-4-22)24-13-25-14-28(43-34(25)30(15-24)21-5-8-27(37)9-6-21)10-11-32(41)31-16-29(31)23-7-12-33(38)39-17-23/h1-9,12-15,17,26,29,31H,10-11,16,18-19H2,(H2,38,39). The topological polar surface area (TPSA) is 89.4 Å². The van der Waals surface area contributed by atoms with Crippen molar-refractivity contribution in [3.05, 3.63) is 108 Å². The summed E-state index contributed by atoms with van der Waals surface area (Å²) >= 11 is 6.04. The van der Waals surface area contributed by atoms with Crippen molar-refractivity contribution >= 4 is 40.1 Å². The second-order valence-corrected chi connectivity index (χ2v) is 12.1. The average molecular weight is 594 g/mol. The zero-order valence-electron chi connectivity index (χ0n) is 23.3. The predicted molar refractivity (Wildman–Crippen MR) is 165 cm³/mol. The second kappa shape index (κ2) is 11.0. The number of Topliss-reactive ketones (excluding diaryl/α,β-unsaturated/α-hetero) is 1. The fourth-order valence-electron chi connectivity index (χ4n) is 5.91. The maximum absolute atomic E-state index is 13.8. The summed E-state index contributed by atoms with van der Waals surface area (Å²) in [4.78, 5) is 31.6. The molecule has 216 valence electrons. The van der Waals surface area contributed by atoms with Gasteiger partial charge in [-0.3, -0.25) is 9.59 Å². The monoisotopic (exact) mass is 593 g/mol. The second-order valence-electron chi connectivity index (χ2n) is 11.5. The molecule has 6 nitrogen and oxygen atoms in total. The number of pyridine rings is 1. The van der Waals surface area contributed by atoms with E-state index in [4.69, 9.17) is 21.8 Å². The van der Waals surface area contributed by atoms with Gasteiger partial charge in [0.1, 0.15) is 28.8 Å². The van der Waals surface area contributed by atoms with Crippen molar-refractivity contribution in [2.75, 3.05) is 18.8 Å². The molecule has 1 saturated heterocycles. The fraction of sp³-hybridized carbons (Fsp3) is 0.229. The van der Waals surface area contributed by atoms with Crippen LogP contribution in [0.3, 0.4) is 0 Å². The minimum Gasteiger partial charge on any atom is -0.460 e. The fourth-order valence-corrected chi connectivity index (χ4v) is 6.24. The molecule has 0 bridgehead atoms. The third kappa shape index (κ3) is 5.53. The van der Waals surface area contributed by atoms with Crippen LogP contribution in [0.1, 0.15) is 40.4 Å². The van der Waals surface area contributed by atoms with Crippen LogP contribution in [0, 0.1) is 11.7 Å². The number of carbonyl (C=O) groups is 2. The highest BCUT2D eigenvalue weighted by Crippen LogP contribution is 2.48. The summed E-state index contributed by atoms with van der Waals surface area (Å²) < 4.78 is 20.1. The van der Waals surface area contributed by atoms with E-state index in [1.54, 1.807) is 29.3 Å². The molecule has 2 aliphatic rings. The summed E-state index contributed by atoms with van der Waals surface area (Å²) in [6.07, 6.45) is 3.47. The number of rotatable bonds is 8. The molecule has 3 aromatic carbocycles. The van der Waals surface area contributed by atoms with Crippen molar-refractivity contribution in [3.8, 4) is 22.3 Å². The maximum atomic E-state index is 13.8. The third-order valence-corrected chi connectivity index (χ3v) is 8.75. The van der Waals surface area contributed by atoms with Crippen LogP contribution < -0.4 is 5.73 Å². The van der Waals surface area contributed by atoms with E-state index < -0.39 is 0 Å². The molecule has 0 spiro atoms. The molecular weight excluding hydrogens is 565 g/mol. The van der Waals surface area contributed by atoms with E-state index in [9.17, 15) is 14.0 Å². The Balaban J connectivity index is 1.14.